The summed E-state index contributed by atoms with van der Waals surface area (Å²) in [7, 11) is 1.30. The lowest BCUT2D eigenvalue weighted by Gasteiger charge is -2.19. The molecule has 7 heteroatoms. The highest BCUT2D eigenvalue weighted by Crippen LogP contribution is 2.34. The first-order chi connectivity index (χ1) is 9.47. The minimum atomic E-state index is -1.86. The predicted molar refractivity (Wildman–Crippen MR) is 67.6 cm³/mol. The molecule has 0 saturated carbocycles. The minimum Gasteiger partial charge on any atom is -0.504 e. The quantitative estimate of drug-likeness (QED) is 0.504. The molecule has 0 aliphatic rings. The maximum atomic E-state index is 11.4. The second kappa shape index (κ2) is 6.88. The van der Waals surface area contributed by atoms with Gasteiger partial charge < -0.3 is 24.8 Å². The average molecular weight is 284 g/mol. The molecule has 110 valence electrons. The van der Waals surface area contributed by atoms with Crippen molar-refractivity contribution < 1.29 is 34.4 Å². The number of phenolic OH excluding ortho intramolecular Hbond substituents is 1. The molecule has 0 aliphatic carbocycles. The Labute approximate surface area is 115 Å². The van der Waals surface area contributed by atoms with Gasteiger partial charge in [-0.25, -0.2) is 4.79 Å². The van der Waals surface area contributed by atoms with Crippen LogP contribution in [0.25, 0.3) is 0 Å². The highest BCUT2D eigenvalue weighted by atomic mass is 16.5. The lowest BCUT2D eigenvalue weighted by atomic mass is 9.98. The fraction of sp³-hybridized carbons (Fsp3) is 0.385. The number of carbonyl (C=O) groups excluding carboxylic acids is 2. The van der Waals surface area contributed by atoms with Gasteiger partial charge in [-0.15, -0.1) is 0 Å². The zero-order chi connectivity index (χ0) is 15.3. The van der Waals surface area contributed by atoms with Crippen LogP contribution >= 0.6 is 0 Å². The van der Waals surface area contributed by atoms with E-state index in [4.69, 9.17) is 4.74 Å². The molecule has 0 radical (unpaired) electrons. The standard InChI is InChI=1S/C13H16O7/c1-3-20-13(18)12(17)11(16)7-4-5-9(19-2)10(15)8(7)6-14/h4-6,11-12,15-17H,3H2,1-2H3. The molecule has 0 aliphatic heterocycles. The van der Waals surface area contributed by atoms with E-state index in [1.54, 1.807) is 6.92 Å². The van der Waals surface area contributed by atoms with Crippen molar-refractivity contribution in [2.45, 2.75) is 19.1 Å². The lowest BCUT2D eigenvalue weighted by molar-refractivity contribution is -0.159. The third kappa shape index (κ3) is 3.06. The van der Waals surface area contributed by atoms with Crippen LogP contribution < -0.4 is 4.74 Å². The number of aliphatic hydroxyl groups excluding tert-OH is 2. The predicted octanol–water partition coefficient (Wildman–Crippen LogP) is 0.171. The fourth-order valence-electron chi connectivity index (χ4n) is 1.68. The molecule has 0 heterocycles. The number of esters is 1. The molecule has 0 saturated heterocycles. The molecule has 7 nitrogen and oxygen atoms in total. The van der Waals surface area contributed by atoms with E-state index in [2.05, 4.69) is 4.74 Å². The molecule has 2 atom stereocenters. The Balaban J connectivity index is 3.16. The summed E-state index contributed by atoms with van der Waals surface area (Å²) in [6, 6.07) is 2.58. The van der Waals surface area contributed by atoms with E-state index in [0.29, 0.717) is 6.29 Å². The van der Waals surface area contributed by atoms with Crippen molar-refractivity contribution in [2.75, 3.05) is 13.7 Å². The number of methoxy groups -OCH3 is 1. The van der Waals surface area contributed by atoms with Gasteiger partial charge in [0.05, 0.1) is 19.3 Å². The molecular formula is C13H16O7. The SMILES string of the molecule is CCOC(=O)C(O)C(O)c1ccc(OC)c(O)c1C=O. The van der Waals surface area contributed by atoms with Crippen molar-refractivity contribution in [3.63, 3.8) is 0 Å². The maximum Gasteiger partial charge on any atom is 0.338 e. The van der Waals surface area contributed by atoms with Crippen molar-refractivity contribution in [3.05, 3.63) is 23.3 Å². The number of benzene rings is 1. The number of aromatic hydroxyl groups is 1. The molecule has 0 fully saturated rings. The number of phenols is 1. The molecule has 1 aromatic rings. The van der Waals surface area contributed by atoms with Gasteiger partial charge in [0, 0.05) is 0 Å². The third-order valence-electron chi connectivity index (χ3n) is 2.70. The van der Waals surface area contributed by atoms with Crippen LogP contribution in [0.3, 0.4) is 0 Å². The minimum absolute atomic E-state index is 0.0358. The summed E-state index contributed by atoms with van der Waals surface area (Å²) in [5, 5.41) is 29.4. The van der Waals surface area contributed by atoms with Crippen LogP contribution in [0.5, 0.6) is 11.5 Å². The fourth-order valence-corrected chi connectivity index (χ4v) is 1.68. The van der Waals surface area contributed by atoms with Gasteiger partial charge in [0.1, 0.15) is 6.10 Å². The van der Waals surface area contributed by atoms with Crippen LogP contribution in [-0.4, -0.2) is 47.4 Å². The largest absolute Gasteiger partial charge is 0.504 e. The van der Waals surface area contributed by atoms with Gasteiger partial charge in [-0.3, -0.25) is 4.79 Å². The monoisotopic (exact) mass is 284 g/mol. The Bertz CT molecular complexity index is 498. The van der Waals surface area contributed by atoms with Crippen molar-refractivity contribution in [1.29, 1.82) is 0 Å². The molecular weight excluding hydrogens is 268 g/mol. The van der Waals surface area contributed by atoms with E-state index in [9.17, 15) is 24.9 Å². The Hall–Kier alpha value is -2.12. The second-order valence-electron chi connectivity index (χ2n) is 3.88. The van der Waals surface area contributed by atoms with Gasteiger partial charge in [-0.1, -0.05) is 6.07 Å². The van der Waals surface area contributed by atoms with Crippen LogP contribution in [0.4, 0.5) is 0 Å². The zero-order valence-electron chi connectivity index (χ0n) is 11.1. The summed E-state index contributed by atoms with van der Waals surface area (Å²) in [5.74, 6) is -1.46. The second-order valence-corrected chi connectivity index (χ2v) is 3.88. The van der Waals surface area contributed by atoms with Gasteiger partial charge >= 0.3 is 5.97 Å². The Morgan fingerprint density at radius 1 is 1.40 bits per heavy atom. The highest BCUT2D eigenvalue weighted by Gasteiger charge is 2.30. The molecule has 1 aromatic carbocycles. The van der Waals surface area contributed by atoms with Gasteiger partial charge in [0.15, 0.2) is 23.9 Å². The maximum absolute atomic E-state index is 11.4. The average Bonchev–Trinajstić information content (AvgIpc) is 2.45. The third-order valence-corrected chi connectivity index (χ3v) is 2.70. The molecule has 20 heavy (non-hydrogen) atoms. The van der Waals surface area contributed by atoms with Gasteiger partial charge in [0.2, 0.25) is 0 Å². The first kappa shape index (κ1) is 15.9. The molecule has 0 amide bonds. The molecule has 0 spiro atoms. The summed E-state index contributed by atoms with van der Waals surface area (Å²) < 4.78 is 9.39. The van der Waals surface area contributed by atoms with Crippen molar-refractivity contribution in [2.24, 2.45) is 0 Å². The molecule has 1 rings (SSSR count). The summed E-state index contributed by atoms with van der Waals surface area (Å²) in [5.41, 5.74) is -0.362. The Morgan fingerprint density at radius 3 is 2.55 bits per heavy atom. The Morgan fingerprint density at radius 2 is 2.05 bits per heavy atom. The topological polar surface area (TPSA) is 113 Å². The normalized spacial score (nSPS) is 13.4. The molecule has 0 aromatic heterocycles. The molecule has 0 bridgehead atoms. The highest BCUT2D eigenvalue weighted by molar-refractivity contribution is 5.84. The van der Waals surface area contributed by atoms with Crippen LogP contribution in [0.2, 0.25) is 0 Å². The first-order valence-corrected chi connectivity index (χ1v) is 5.85. The van der Waals surface area contributed by atoms with Gasteiger partial charge in [-0.2, -0.15) is 0 Å². The number of aldehydes is 1. The lowest BCUT2D eigenvalue weighted by Crippen LogP contribution is -2.30. The number of aliphatic hydroxyl groups is 2. The zero-order valence-corrected chi connectivity index (χ0v) is 11.1. The van der Waals surface area contributed by atoms with Crippen LogP contribution in [0.15, 0.2) is 12.1 Å². The van der Waals surface area contributed by atoms with Gasteiger partial charge in [0.25, 0.3) is 0 Å². The number of rotatable bonds is 6. The van der Waals surface area contributed by atoms with Crippen molar-refractivity contribution in [1.82, 2.24) is 0 Å². The summed E-state index contributed by atoms with van der Waals surface area (Å²) in [6.07, 6.45) is -3.26. The van der Waals surface area contributed by atoms with E-state index in [0.717, 1.165) is 0 Å². The number of ether oxygens (including phenoxy) is 2. The van der Waals surface area contributed by atoms with Crippen LogP contribution in [0, 0.1) is 0 Å². The van der Waals surface area contributed by atoms with Crippen molar-refractivity contribution >= 4 is 12.3 Å². The van der Waals surface area contributed by atoms with Crippen molar-refractivity contribution in [3.8, 4) is 11.5 Å². The summed E-state index contributed by atoms with van der Waals surface area (Å²) in [6.45, 7) is 1.59. The van der Waals surface area contributed by atoms with E-state index in [1.165, 1.54) is 19.2 Å². The Kier molecular flexibility index (Phi) is 5.48. The molecule has 2 unspecified atom stereocenters. The molecule has 3 N–H and O–H groups in total. The summed E-state index contributed by atoms with van der Waals surface area (Å²) >= 11 is 0. The van der Waals surface area contributed by atoms with Crippen LogP contribution in [0.1, 0.15) is 28.9 Å². The number of hydrogen-bond donors (Lipinski definition) is 3. The van der Waals surface area contributed by atoms with E-state index in [1.807, 2.05) is 0 Å². The van der Waals surface area contributed by atoms with E-state index >= 15 is 0 Å². The van der Waals surface area contributed by atoms with E-state index < -0.39 is 23.9 Å². The summed E-state index contributed by atoms with van der Waals surface area (Å²) in [4.78, 5) is 22.4. The number of carbonyl (C=O) groups is 2. The van der Waals surface area contributed by atoms with Gasteiger partial charge in [-0.05, 0) is 18.6 Å². The van der Waals surface area contributed by atoms with E-state index in [-0.39, 0.29) is 23.5 Å². The first-order valence-electron chi connectivity index (χ1n) is 5.85. The number of hydrogen-bond acceptors (Lipinski definition) is 7. The van der Waals surface area contributed by atoms with Crippen LogP contribution in [-0.2, 0) is 9.53 Å². The smallest absolute Gasteiger partial charge is 0.338 e.